The average Bonchev–Trinajstić information content (AvgIpc) is 2.92. The van der Waals surface area contributed by atoms with E-state index in [0.717, 1.165) is 51.4 Å². The van der Waals surface area contributed by atoms with Crippen LogP contribution < -0.4 is 0 Å². The molecule has 0 aromatic rings. The summed E-state index contributed by atoms with van der Waals surface area (Å²) < 4.78 is 0. The Morgan fingerprint density at radius 2 is 2.05 bits per heavy atom. The Kier molecular flexibility index (Phi) is 5.05. The van der Waals surface area contributed by atoms with Crippen molar-refractivity contribution >= 4 is 17.7 Å². The third-order valence-corrected chi connectivity index (χ3v) is 6.03. The van der Waals surface area contributed by atoms with Crippen molar-refractivity contribution in [2.45, 2.75) is 38.1 Å². The van der Waals surface area contributed by atoms with Gasteiger partial charge in [0.2, 0.25) is 5.91 Å². The molecule has 2 heterocycles. The van der Waals surface area contributed by atoms with E-state index < -0.39 is 0 Å². The smallest absolute Gasteiger partial charge is 0.226 e. The Hall–Kier alpha value is -0.480. The molecule has 0 saturated carbocycles. The van der Waals surface area contributed by atoms with Gasteiger partial charge in [0.25, 0.3) is 0 Å². The van der Waals surface area contributed by atoms with Crippen LogP contribution in [0.4, 0.5) is 0 Å². The summed E-state index contributed by atoms with van der Waals surface area (Å²) in [5.41, 5.74) is 0. The van der Waals surface area contributed by atoms with Crippen LogP contribution in [0.1, 0.15) is 32.1 Å². The SMILES string of the molecule is O=C(C1CC=CCC1)N1CCCN(C2CCSC2)CC1. The molecule has 2 saturated heterocycles. The fraction of sp³-hybridized carbons (Fsp3) is 0.812. The summed E-state index contributed by atoms with van der Waals surface area (Å²) in [7, 11) is 0. The van der Waals surface area contributed by atoms with Crippen LogP contribution >= 0.6 is 11.8 Å². The number of hydrogen-bond donors (Lipinski definition) is 0. The van der Waals surface area contributed by atoms with Crippen LogP contribution in [0.15, 0.2) is 12.2 Å². The van der Waals surface area contributed by atoms with Gasteiger partial charge in [-0.2, -0.15) is 11.8 Å². The van der Waals surface area contributed by atoms with Crippen LogP contribution in [0.5, 0.6) is 0 Å². The number of hydrogen-bond acceptors (Lipinski definition) is 3. The summed E-state index contributed by atoms with van der Waals surface area (Å²) in [6.45, 7) is 4.18. The molecule has 0 spiro atoms. The molecule has 3 nitrogen and oxygen atoms in total. The molecule has 2 unspecified atom stereocenters. The van der Waals surface area contributed by atoms with E-state index in [1.54, 1.807) is 0 Å². The number of allylic oxidation sites excluding steroid dienone is 2. The van der Waals surface area contributed by atoms with E-state index in [-0.39, 0.29) is 5.92 Å². The Labute approximate surface area is 126 Å². The highest BCUT2D eigenvalue weighted by Gasteiger charge is 2.29. The lowest BCUT2D eigenvalue weighted by atomic mass is 9.93. The van der Waals surface area contributed by atoms with Gasteiger partial charge in [-0.3, -0.25) is 9.69 Å². The molecule has 2 fully saturated rings. The first-order chi connectivity index (χ1) is 9.84. The average molecular weight is 294 g/mol. The largest absolute Gasteiger partial charge is 0.341 e. The van der Waals surface area contributed by atoms with Crippen molar-refractivity contribution in [3.8, 4) is 0 Å². The first-order valence-corrected chi connectivity index (χ1v) is 9.25. The molecule has 1 amide bonds. The van der Waals surface area contributed by atoms with Crippen molar-refractivity contribution in [1.82, 2.24) is 9.80 Å². The molecule has 0 aromatic carbocycles. The number of rotatable bonds is 2. The Morgan fingerprint density at radius 1 is 1.10 bits per heavy atom. The number of carbonyl (C=O) groups is 1. The van der Waals surface area contributed by atoms with Gasteiger partial charge in [0.05, 0.1) is 0 Å². The van der Waals surface area contributed by atoms with Crippen molar-refractivity contribution in [1.29, 1.82) is 0 Å². The molecule has 20 heavy (non-hydrogen) atoms. The lowest BCUT2D eigenvalue weighted by Gasteiger charge is -2.28. The molecule has 0 aromatic heterocycles. The number of nitrogens with zero attached hydrogens (tertiary/aromatic N) is 2. The van der Waals surface area contributed by atoms with E-state index in [4.69, 9.17) is 0 Å². The minimum absolute atomic E-state index is 0.258. The van der Waals surface area contributed by atoms with Gasteiger partial charge in [-0.15, -0.1) is 0 Å². The number of thioether (sulfide) groups is 1. The molecular weight excluding hydrogens is 268 g/mol. The zero-order chi connectivity index (χ0) is 13.8. The van der Waals surface area contributed by atoms with Crippen molar-refractivity contribution < 1.29 is 4.79 Å². The summed E-state index contributed by atoms with van der Waals surface area (Å²) in [6, 6.07) is 0.771. The number of amides is 1. The summed E-state index contributed by atoms with van der Waals surface area (Å²) in [5, 5.41) is 0. The van der Waals surface area contributed by atoms with Gasteiger partial charge in [0.15, 0.2) is 0 Å². The highest BCUT2D eigenvalue weighted by molar-refractivity contribution is 7.99. The van der Waals surface area contributed by atoms with Gasteiger partial charge in [0.1, 0.15) is 0 Å². The third kappa shape index (κ3) is 3.40. The second-order valence-electron chi connectivity index (χ2n) is 6.21. The molecule has 2 aliphatic heterocycles. The zero-order valence-electron chi connectivity index (χ0n) is 12.3. The van der Waals surface area contributed by atoms with Crippen molar-refractivity contribution in [3.05, 3.63) is 12.2 Å². The van der Waals surface area contributed by atoms with Crippen LogP contribution in [-0.4, -0.2) is 59.4 Å². The summed E-state index contributed by atoms with van der Waals surface area (Å²) in [4.78, 5) is 17.4. The monoisotopic (exact) mass is 294 g/mol. The molecule has 2 atom stereocenters. The summed E-state index contributed by atoms with van der Waals surface area (Å²) in [5.74, 6) is 3.28. The maximum absolute atomic E-state index is 12.6. The van der Waals surface area contributed by atoms with E-state index in [9.17, 15) is 4.79 Å². The maximum Gasteiger partial charge on any atom is 0.226 e. The summed E-state index contributed by atoms with van der Waals surface area (Å²) >= 11 is 2.08. The van der Waals surface area contributed by atoms with Crippen LogP contribution in [0, 0.1) is 5.92 Å². The van der Waals surface area contributed by atoms with Gasteiger partial charge < -0.3 is 4.90 Å². The highest BCUT2D eigenvalue weighted by atomic mass is 32.2. The van der Waals surface area contributed by atoms with E-state index >= 15 is 0 Å². The quantitative estimate of drug-likeness (QED) is 0.731. The fourth-order valence-electron chi connectivity index (χ4n) is 3.61. The second-order valence-corrected chi connectivity index (χ2v) is 7.36. The van der Waals surface area contributed by atoms with Crippen molar-refractivity contribution in [2.75, 3.05) is 37.7 Å². The normalized spacial score (nSPS) is 32.3. The van der Waals surface area contributed by atoms with Gasteiger partial charge in [-0.05, 0) is 37.9 Å². The lowest BCUT2D eigenvalue weighted by molar-refractivity contribution is -0.135. The maximum atomic E-state index is 12.6. The van der Waals surface area contributed by atoms with Crippen LogP contribution in [0.2, 0.25) is 0 Å². The van der Waals surface area contributed by atoms with E-state index in [1.807, 2.05) is 0 Å². The van der Waals surface area contributed by atoms with Gasteiger partial charge in [-0.25, -0.2) is 0 Å². The molecule has 1 aliphatic carbocycles. The zero-order valence-corrected chi connectivity index (χ0v) is 13.1. The number of carbonyl (C=O) groups excluding carboxylic acids is 1. The topological polar surface area (TPSA) is 23.6 Å². The van der Waals surface area contributed by atoms with E-state index in [0.29, 0.717) is 5.91 Å². The lowest BCUT2D eigenvalue weighted by Crippen LogP contribution is -2.41. The molecule has 0 radical (unpaired) electrons. The van der Waals surface area contributed by atoms with E-state index in [1.165, 1.54) is 24.5 Å². The predicted octanol–water partition coefficient (Wildman–Crippen LogP) is 2.38. The van der Waals surface area contributed by atoms with Crippen LogP contribution in [-0.2, 0) is 4.79 Å². The molecule has 3 aliphatic rings. The Morgan fingerprint density at radius 3 is 2.80 bits per heavy atom. The predicted molar refractivity (Wildman–Crippen MR) is 85.0 cm³/mol. The molecule has 112 valence electrons. The molecular formula is C16H26N2OS. The minimum Gasteiger partial charge on any atom is -0.341 e. The van der Waals surface area contributed by atoms with Crippen LogP contribution in [0.3, 0.4) is 0 Å². The first kappa shape index (κ1) is 14.5. The second kappa shape index (κ2) is 6.99. The van der Waals surface area contributed by atoms with Gasteiger partial charge in [-0.1, -0.05) is 12.2 Å². The summed E-state index contributed by atoms with van der Waals surface area (Å²) in [6.07, 6.45) is 9.97. The molecule has 0 bridgehead atoms. The standard InChI is InChI=1S/C16H26N2OS/c19-16(14-5-2-1-3-6-14)18-9-4-8-17(10-11-18)15-7-12-20-13-15/h1-2,14-15H,3-13H2. The first-order valence-electron chi connectivity index (χ1n) is 8.10. The van der Waals surface area contributed by atoms with Gasteiger partial charge >= 0.3 is 0 Å². The van der Waals surface area contributed by atoms with Crippen molar-refractivity contribution in [2.24, 2.45) is 5.92 Å². The fourth-order valence-corrected chi connectivity index (χ4v) is 4.86. The molecule has 4 heteroatoms. The minimum atomic E-state index is 0.258. The Balaban J connectivity index is 1.53. The highest BCUT2D eigenvalue weighted by Crippen LogP contribution is 2.25. The molecule has 0 N–H and O–H groups in total. The van der Waals surface area contributed by atoms with Crippen molar-refractivity contribution in [3.63, 3.8) is 0 Å². The molecule has 3 rings (SSSR count). The van der Waals surface area contributed by atoms with E-state index in [2.05, 4.69) is 33.7 Å². The third-order valence-electron chi connectivity index (χ3n) is 4.88. The van der Waals surface area contributed by atoms with Crippen LogP contribution in [0.25, 0.3) is 0 Å². The van der Waals surface area contributed by atoms with Gasteiger partial charge in [0, 0.05) is 43.9 Å². The Bertz CT molecular complexity index is 365.